The van der Waals surface area contributed by atoms with E-state index in [-0.39, 0.29) is 23.0 Å². The number of benzene rings is 1. The molecule has 1 aromatic carbocycles. The van der Waals surface area contributed by atoms with Crippen molar-refractivity contribution in [3.63, 3.8) is 0 Å². The zero-order valence-electron chi connectivity index (χ0n) is 15.6. The number of para-hydroxylation sites is 1. The first-order valence-electron chi connectivity index (χ1n) is 9.05. The second-order valence-electron chi connectivity index (χ2n) is 6.33. The zero-order chi connectivity index (χ0) is 20.1. The van der Waals surface area contributed by atoms with Crippen molar-refractivity contribution in [2.75, 3.05) is 43.4 Å². The van der Waals surface area contributed by atoms with Gasteiger partial charge >= 0.3 is 5.97 Å². The molecule has 2 aliphatic rings. The van der Waals surface area contributed by atoms with Crippen LogP contribution in [0.5, 0.6) is 0 Å². The lowest BCUT2D eigenvalue weighted by Gasteiger charge is -2.33. The van der Waals surface area contributed by atoms with Gasteiger partial charge in [0, 0.05) is 31.9 Å². The Hall–Kier alpha value is -2.54. The van der Waals surface area contributed by atoms with Crippen molar-refractivity contribution in [3.8, 4) is 6.07 Å². The number of nitrogens with one attached hydrogen (secondary N) is 1. The van der Waals surface area contributed by atoms with Crippen LogP contribution in [-0.4, -0.2) is 66.1 Å². The second-order valence-corrected chi connectivity index (χ2v) is 7.29. The van der Waals surface area contributed by atoms with Gasteiger partial charge in [-0.1, -0.05) is 18.2 Å². The molecule has 9 heteroatoms. The molecule has 0 bridgehead atoms. The fraction of sp³-hybridized carbons (Fsp3) is 0.421. The van der Waals surface area contributed by atoms with Gasteiger partial charge < -0.3 is 20.1 Å². The average molecular weight is 402 g/mol. The van der Waals surface area contributed by atoms with E-state index in [2.05, 4.69) is 5.32 Å². The number of ether oxygens (including phenoxy) is 1. The predicted octanol–water partition coefficient (Wildman–Crippen LogP) is 0.658. The number of nitrogens with zero attached hydrogens (tertiary/aromatic N) is 3. The van der Waals surface area contributed by atoms with Gasteiger partial charge in [-0.3, -0.25) is 9.69 Å². The highest BCUT2D eigenvalue weighted by Crippen LogP contribution is 2.44. The normalized spacial score (nSPS) is 23.9. The van der Waals surface area contributed by atoms with Crippen LogP contribution < -0.4 is 10.2 Å². The molecule has 1 unspecified atom stereocenters. The van der Waals surface area contributed by atoms with Crippen molar-refractivity contribution < 1.29 is 19.4 Å². The molecule has 0 radical (unpaired) electrons. The highest BCUT2D eigenvalue weighted by atomic mass is 32.2. The van der Waals surface area contributed by atoms with Gasteiger partial charge in [-0.05, 0) is 19.1 Å². The number of piperazine rings is 1. The molecule has 8 nitrogen and oxygen atoms in total. The Balaban J connectivity index is 2.07. The minimum atomic E-state index is -2.00. The molecule has 2 heterocycles. The summed E-state index contributed by atoms with van der Waals surface area (Å²) in [4.78, 5) is 28.5. The Morgan fingerprint density at radius 3 is 2.61 bits per heavy atom. The van der Waals surface area contributed by atoms with E-state index in [0.717, 1.165) is 11.8 Å². The predicted molar refractivity (Wildman–Crippen MR) is 105 cm³/mol. The number of carbonyl (C=O) groups excluding carboxylic acids is 2. The number of thioether (sulfide) groups is 1. The quantitative estimate of drug-likeness (QED) is 0.430. The number of esters is 1. The number of rotatable bonds is 4. The van der Waals surface area contributed by atoms with Crippen molar-refractivity contribution in [1.82, 2.24) is 10.2 Å². The van der Waals surface area contributed by atoms with Crippen LogP contribution in [-0.2, 0) is 14.3 Å². The van der Waals surface area contributed by atoms with Crippen LogP contribution in [0.4, 0.5) is 5.69 Å². The maximum atomic E-state index is 13.0. The number of amides is 1. The zero-order valence-corrected chi connectivity index (χ0v) is 16.4. The van der Waals surface area contributed by atoms with Gasteiger partial charge in [-0.2, -0.15) is 5.26 Å². The van der Waals surface area contributed by atoms with Gasteiger partial charge in [0.25, 0.3) is 11.6 Å². The topological polar surface area (TPSA) is 106 Å². The number of nitriles is 1. The van der Waals surface area contributed by atoms with Gasteiger partial charge in [0.15, 0.2) is 0 Å². The largest absolute Gasteiger partial charge is 0.462 e. The maximum absolute atomic E-state index is 13.0. The van der Waals surface area contributed by atoms with Crippen LogP contribution >= 0.6 is 11.8 Å². The smallest absolute Gasteiger partial charge is 0.361 e. The van der Waals surface area contributed by atoms with Crippen molar-refractivity contribution in [2.24, 2.45) is 0 Å². The number of aliphatic hydroxyl groups is 1. The summed E-state index contributed by atoms with van der Waals surface area (Å²) >= 11 is 1.10. The number of anilines is 1. The minimum absolute atomic E-state index is 0.0456. The van der Waals surface area contributed by atoms with Crippen molar-refractivity contribution in [2.45, 2.75) is 12.6 Å². The monoisotopic (exact) mass is 402 g/mol. The van der Waals surface area contributed by atoms with Crippen molar-refractivity contribution in [1.29, 1.82) is 5.26 Å². The molecule has 0 saturated carbocycles. The fourth-order valence-electron chi connectivity index (χ4n) is 3.17. The highest BCUT2D eigenvalue weighted by Gasteiger charge is 2.52. The van der Waals surface area contributed by atoms with Crippen LogP contribution in [0, 0.1) is 11.3 Å². The van der Waals surface area contributed by atoms with Crippen LogP contribution in [0.1, 0.15) is 6.92 Å². The van der Waals surface area contributed by atoms with E-state index in [9.17, 15) is 20.0 Å². The number of hydrogen-bond donors (Lipinski definition) is 2. The van der Waals surface area contributed by atoms with E-state index in [0.29, 0.717) is 31.9 Å². The highest BCUT2D eigenvalue weighted by molar-refractivity contribution is 8.03. The molecule has 1 aromatic rings. The van der Waals surface area contributed by atoms with Crippen LogP contribution in [0.3, 0.4) is 0 Å². The fourth-order valence-corrected chi connectivity index (χ4v) is 4.42. The summed E-state index contributed by atoms with van der Waals surface area (Å²) in [6, 6.07) is 10.7. The third kappa shape index (κ3) is 3.71. The van der Waals surface area contributed by atoms with Gasteiger partial charge in [0.1, 0.15) is 16.7 Å². The number of carbonyl (C=O) groups is 2. The van der Waals surface area contributed by atoms with E-state index < -0.39 is 17.6 Å². The van der Waals surface area contributed by atoms with Crippen molar-refractivity contribution in [3.05, 3.63) is 40.9 Å². The van der Waals surface area contributed by atoms with Gasteiger partial charge in [-0.15, -0.1) is 11.8 Å². The third-order valence-corrected chi connectivity index (χ3v) is 5.75. The second kappa shape index (κ2) is 8.65. The molecular formula is C19H22N4O4S. The maximum Gasteiger partial charge on any atom is 0.361 e. The molecule has 2 aliphatic heterocycles. The van der Waals surface area contributed by atoms with Gasteiger partial charge in [0.05, 0.1) is 12.4 Å². The summed E-state index contributed by atoms with van der Waals surface area (Å²) < 4.78 is 5.07. The summed E-state index contributed by atoms with van der Waals surface area (Å²) in [6.45, 7) is 4.06. The standard InChI is InChI=1S/C19H22N4O4S/c1-2-27-18(25)19(26)13-28-17(23(19)14-6-4-3-5-7-14)15(12-20)16(24)22-10-8-21-9-11-22/h3-7,21,26H,2,8-11,13H2,1H3/b17-15+. The molecule has 2 saturated heterocycles. The van der Waals surface area contributed by atoms with Crippen molar-refractivity contribution >= 4 is 29.3 Å². The summed E-state index contributed by atoms with van der Waals surface area (Å²) in [6.07, 6.45) is 0. The summed E-state index contributed by atoms with van der Waals surface area (Å²) in [5, 5.41) is 24.3. The van der Waals surface area contributed by atoms with Crippen LogP contribution in [0.25, 0.3) is 0 Å². The van der Waals surface area contributed by atoms with Gasteiger partial charge in [0.2, 0.25) is 0 Å². The van der Waals surface area contributed by atoms with E-state index in [1.165, 1.54) is 4.90 Å². The Bertz CT molecular complexity index is 817. The van der Waals surface area contributed by atoms with Crippen LogP contribution in [0.15, 0.2) is 40.9 Å². The first-order chi connectivity index (χ1) is 13.5. The summed E-state index contributed by atoms with van der Waals surface area (Å²) in [7, 11) is 0. The molecule has 3 rings (SSSR count). The molecule has 0 aliphatic carbocycles. The lowest BCUT2D eigenvalue weighted by atomic mass is 10.1. The summed E-state index contributed by atoms with van der Waals surface area (Å²) in [5.74, 6) is -1.26. The van der Waals surface area contributed by atoms with Crippen LogP contribution in [0.2, 0.25) is 0 Å². The molecule has 2 N–H and O–H groups in total. The lowest BCUT2D eigenvalue weighted by Crippen LogP contribution is -2.54. The molecule has 2 fully saturated rings. The van der Waals surface area contributed by atoms with Gasteiger partial charge in [-0.25, -0.2) is 4.79 Å². The Morgan fingerprint density at radius 2 is 2.00 bits per heavy atom. The molecular weight excluding hydrogens is 380 g/mol. The Kier molecular flexibility index (Phi) is 6.24. The molecule has 1 atom stereocenters. The third-order valence-electron chi connectivity index (χ3n) is 4.54. The minimum Gasteiger partial charge on any atom is -0.462 e. The molecule has 0 spiro atoms. The molecule has 0 aromatic heterocycles. The van der Waals surface area contributed by atoms with E-state index in [1.807, 2.05) is 6.07 Å². The number of hydrogen-bond acceptors (Lipinski definition) is 8. The molecule has 28 heavy (non-hydrogen) atoms. The first kappa shape index (κ1) is 20.2. The summed E-state index contributed by atoms with van der Waals surface area (Å²) in [5.41, 5.74) is -1.58. The van der Waals surface area contributed by atoms with E-state index >= 15 is 0 Å². The Labute approximate surface area is 167 Å². The molecule has 148 valence electrons. The van der Waals surface area contributed by atoms with E-state index in [4.69, 9.17) is 4.74 Å². The SMILES string of the molecule is CCOC(=O)C1(O)CS/C(=C(\C#N)C(=O)N2CCNCC2)N1c1ccccc1. The van der Waals surface area contributed by atoms with E-state index in [1.54, 1.807) is 42.2 Å². The first-order valence-corrected chi connectivity index (χ1v) is 10.0. The Morgan fingerprint density at radius 1 is 1.32 bits per heavy atom. The lowest BCUT2D eigenvalue weighted by molar-refractivity contribution is -0.161. The molecule has 1 amide bonds. The average Bonchev–Trinajstić information content (AvgIpc) is 3.08.